The first-order valence-corrected chi connectivity index (χ1v) is 5.65. The van der Waals surface area contributed by atoms with Gasteiger partial charge in [-0.2, -0.15) is 0 Å². The van der Waals surface area contributed by atoms with Crippen LogP contribution in [0.5, 0.6) is 5.75 Å². The van der Waals surface area contributed by atoms with Gasteiger partial charge >= 0.3 is 0 Å². The van der Waals surface area contributed by atoms with Crippen molar-refractivity contribution in [2.75, 3.05) is 18.7 Å². The van der Waals surface area contributed by atoms with E-state index in [0.29, 0.717) is 12.4 Å². The van der Waals surface area contributed by atoms with Crippen LogP contribution in [0.25, 0.3) is 0 Å². The highest BCUT2D eigenvalue weighted by atomic mass is 16.5. The number of hydrogen-bond acceptors (Lipinski definition) is 4. The Labute approximate surface area is 104 Å². The smallest absolute Gasteiger partial charge is 0.258 e. The average molecular weight is 244 g/mol. The molecule has 5 heteroatoms. The maximum Gasteiger partial charge on any atom is 0.258 e. The van der Waals surface area contributed by atoms with Gasteiger partial charge < -0.3 is 4.74 Å². The molecule has 2 aliphatic rings. The molecule has 1 aromatic carbocycles. The molecule has 0 saturated carbocycles. The maximum absolute atomic E-state index is 11.6. The molecule has 0 aliphatic carbocycles. The molecule has 0 aromatic heterocycles. The topological polar surface area (TPSA) is 49.9 Å². The van der Waals surface area contributed by atoms with Crippen LogP contribution in [0.3, 0.4) is 0 Å². The summed E-state index contributed by atoms with van der Waals surface area (Å²) in [5.41, 5.74) is 1.57. The minimum absolute atomic E-state index is 0.301. The van der Waals surface area contributed by atoms with Crippen molar-refractivity contribution in [1.82, 2.24) is 4.90 Å². The Hall–Kier alpha value is -2.14. The first-order valence-electron chi connectivity index (χ1n) is 5.65. The van der Waals surface area contributed by atoms with Crippen molar-refractivity contribution in [3.05, 3.63) is 35.9 Å². The number of fused-ring (bicyclic) bond motifs is 1. The third kappa shape index (κ3) is 1.69. The highest BCUT2D eigenvalue weighted by Crippen LogP contribution is 2.30. The molecule has 0 radical (unpaired) electrons. The van der Waals surface area contributed by atoms with Crippen molar-refractivity contribution in [2.45, 2.75) is 6.54 Å². The van der Waals surface area contributed by atoms with Gasteiger partial charge in [-0.3, -0.25) is 14.5 Å². The van der Waals surface area contributed by atoms with Gasteiger partial charge in [0.1, 0.15) is 12.5 Å². The Balaban J connectivity index is 1.97. The van der Waals surface area contributed by atoms with E-state index < -0.39 is 0 Å². The third-order valence-corrected chi connectivity index (χ3v) is 2.99. The molecule has 18 heavy (non-hydrogen) atoms. The lowest BCUT2D eigenvalue weighted by Gasteiger charge is -2.26. The minimum atomic E-state index is -0.301. The van der Waals surface area contributed by atoms with Crippen molar-refractivity contribution < 1.29 is 14.3 Å². The molecular formula is C13H12N2O3. The SMILES string of the molecule is CN1COc2ccc(N3C(=O)C=CC3=O)cc2C1. The van der Waals surface area contributed by atoms with Crippen LogP contribution in [-0.2, 0) is 16.1 Å². The molecule has 0 atom stereocenters. The molecule has 3 rings (SSSR count). The van der Waals surface area contributed by atoms with Crippen LogP contribution in [-0.4, -0.2) is 30.5 Å². The maximum atomic E-state index is 11.6. The van der Waals surface area contributed by atoms with Crippen molar-refractivity contribution in [2.24, 2.45) is 0 Å². The van der Waals surface area contributed by atoms with E-state index in [2.05, 4.69) is 0 Å². The fraction of sp³-hybridized carbons (Fsp3) is 0.231. The van der Waals surface area contributed by atoms with Crippen LogP contribution in [0.1, 0.15) is 5.56 Å². The third-order valence-electron chi connectivity index (χ3n) is 2.99. The molecule has 0 N–H and O–H groups in total. The van der Waals surface area contributed by atoms with Gasteiger partial charge in [-0.1, -0.05) is 0 Å². The van der Waals surface area contributed by atoms with Crippen LogP contribution in [0, 0.1) is 0 Å². The highest BCUT2D eigenvalue weighted by molar-refractivity contribution is 6.28. The molecular weight excluding hydrogens is 232 g/mol. The molecule has 0 unspecified atom stereocenters. The summed E-state index contributed by atoms with van der Waals surface area (Å²) in [6.07, 6.45) is 2.56. The lowest BCUT2D eigenvalue weighted by Crippen LogP contribution is -2.31. The number of hydrogen-bond donors (Lipinski definition) is 0. The van der Waals surface area contributed by atoms with Crippen LogP contribution in [0.15, 0.2) is 30.4 Å². The van der Waals surface area contributed by atoms with Gasteiger partial charge in [-0.25, -0.2) is 4.90 Å². The number of benzene rings is 1. The molecule has 0 saturated heterocycles. The number of carbonyl (C=O) groups is 2. The average Bonchev–Trinajstić information content (AvgIpc) is 2.68. The van der Waals surface area contributed by atoms with Crippen molar-refractivity contribution in [3.63, 3.8) is 0 Å². The molecule has 1 aromatic rings. The number of ether oxygens (including phenoxy) is 1. The fourth-order valence-electron chi connectivity index (χ4n) is 2.14. The largest absolute Gasteiger partial charge is 0.478 e. The van der Waals surface area contributed by atoms with E-state index in [1.54, 1.807) is 12.1 Å². The summed E-state index contributed by atoms with van der Waals surface area (Å²) < 4.78 is 5.53. The van der Waals surface area contributed by atoms with Crippen molar-refractivity contribution in [3.8, 4) is 5.75 Å². The quantitative estimate of drug-likeness (QED) is 0.689. The van der Waals surface area contributed by atoms with Crippen LogP contribution >= 0.6 is 0 Å². The number of amides is 2. The molecule has 0 fully saturated rings. The predicted octanol–water partition coefficient (Wildman–Crippen LogP) is 0.898. The summed E-state index contributed by atoms with van der Waals surface area (Å²) in [5, 5.41) is 0. The summed E-state index contributed by atoms with van der Waals surface area (Å²) in [6, 6.07) is 5.36. The summed E-state index contributed by atoms with van der Waals surface area (Å²) in [7, 11) is 1.95. The Morgan fingerprint density at radius 3 is 2.61 bits per heavy atom. The van der Waals surface area contributed by atoms with Gasteiger partial charge in [0.25, 0.3) is 11.8 Å². The second-order valence-corrected chi connectivity index (χ2v) is 4.42. The molecule has 2 amide bonds. The number of carbonyl (C=O) groups excluding carboxylic acids is 2. The predicted molar refractivity (Wildman–Crippen MR) is 65.0 cm³/mol. The second-order valence-electron chi connectivity index (χ2n) is 4.42. The Morgan fingerprint density at radius 1 is 1.17 bits per heavy atom. The molecule has 0 bridgehead atoms. The van der Waals surface area contributed by atoms with Gasteiger partial charge in [0, 0.05) is 24.3 Å². The highest BCUT2D eigenvalue weighted by Gasteiger charge is 2.26. The van der Waals surface area contributed by atoms with Crippen molar-refractivity contribution >= 4 is 17.5 Å². The van der Waals surface area contributed by atoms with E-state index in [0.717, 1.165) is 22.8 Å². The van der Waals surface area contributed by atoms with Crippen LogP contribution < -0.4 is 9.64 Å². The first kappa shape index (κ1) is 11.0. The summed E-state index contributed by atoms with van der Waals surface area (Å²) in [6.45, 7) is 1.29. The Bertz CT molecular complexity index is 547. The second kappa shape index (κ2) is 3.96. The molecule has 5 nitrogen and oxygen atoms in total. The lowest BCUT2D eigenvalue weighted by molar-refractivity contribution is -0.119. The van der Waals surface area contributed by atoms with Crippen LogP contribution in [0.2, 0.25) is 0 Å². The van der Waals surface area contributed by atoms with Gasteiger partial charge in [-0.05, 0) is 25.2 Å². The standard InChI is InChI=1S/C13H12N2O3/c1-14-7-9-6-10(2-3-11(9)18-8-14)15-12(16)4-5-13(15)17/h2-6H,7-8H2,1H3. The zero-order chi connectivity index (χ0) is 12.7. The van der Waals surface area contributed by atoms with Gasteiger partial charge in [0.15, 0.2) is 0 Å². The van der Waals surface area contributed by atoms with E-state index in [9.17, 15) is 9.59 Å². The lowest BCUT2D eigenvalue weighted by atomic mass is 10.1. The van der Waals surface area contributed by atoms with Gasteiger partial charge in [0.05, 0.1) is 5.69 Å². The number of anilines is 1. The minimum Gasteiger partial charge on any atom is -0.478 e. The Kier molecular flexibility index (Phi) is 2.41. The summed E-state index contributed by atoms with van der Waals surface area (Å²) >= 11 is 0. The summed E-state index contributed by atoms with van der Waals surface area (Å²) in [4.78, 5) is 26.4. The van der Waals surface area contributed by atoms with Gasteiger partial charge in [-0.15, -0.1) is 0 Å². The molecule has 2 heterocycles. The monoisotopic (exact) mass is 244 g/mol. The van der Waals surface area contributed by atoms with E-state index in [1.807, 2.05) is 18.0 Å². The molecule has 92 valence electrons. The Morgan fingerprint density at radius 2 is 1.89 bits per heavy atom. The van der Waals surface area contributed by atoms with Crippen molar-refractivity contribution in [1.29, 1.82) is 0 Å². The van der Waals surface area contributed by atoms with Gasteiger partial charge in [0.2, 0.25) is 0 Å². The molecule has 0 spiro atoms. The normalized spacial score (nSPS) is 19.1. The summed E-state index contributed by atoms with van der Waals surface area (Å²) in [5.74, 6) is 0.207. The number of rotatable bonds is 1. The van der Waals surface area contributed by atoms with E-state index in [-0.39, 0.29) is 11.8 Å². The van der Waals surface area contributed by atoms with E-state index in [1.165, 1.54) is 12.2 Å². The molecule has 2 aliphatic heterocycles. The van der Waals surface area contributed by atoms with Crippen LogP contribution in [0.4, 0.5) is 5.69 Å². The zero-order valence-electron chi connectivity index (χ0n) is 9.92. The fourth-order valence-corrected chi connectivity index (χ4v) is 2.14. The zero-order valence-corrected chi connectivity index (χ0v) is 9.92. The number of nitrogens with zero attached hydrogens (tertiary/aromatic N) is 2. The first-order chi connectivity index (χ1) is 8.65. The van der Waals surface area contributed by atoms with E-state index >= 15 is 0 Å². The van der Waals surface area contributed by atoms with E-state index in [4.69, 9.17) is 4.74 Å². The number of imide groups is 1.